The van der Waals surface area contributed by atoms with Crippen molar-refractivity contribution in [1.29, 1.82) is 0 Å². The van der Waals surface area contributed by atoms with Crippen LogP contribution in [0.15, 0.2) is 30.2 Å². The van der Waals surface area contributed by atoms with E-state index in [-0.39, 0.29) is 0 Å². The Balaban J connectivity index is 2.69. The number of nitrogens with zero attached hydrogens (tertiary/aromatic N) is 2. The molecule has 1 rings (SSSR count). The summed E-state index contributed by atoms with van der Waals surface area (Å²) in [4.78, 5) is 4.12. The molecule has 0 aliphatic rings. The first-order valence-corrected chi connectivity index (χ1v) is 4.71. The molecule has 0 spiro atoms. The number of alkyl halides is 1. The summed E-state index contributed by atoms with van der Waals surface area (Å²) in [5.74, 6) is 0. The molecule has 0 amide bonds. The van der Waals surface area contributed by atoms with Crippen molar-refractivity contribution in [3.8, 4) is 0 Å². The first-order valence-electron chi connectivity index (χ1n) is 3.19. The molecule has 60 valence electrons. The minimum Gasteiger partial charge on any atom is -0.322 e. The first-order chi connectivity index (χ1) is 5.38. The van der Waals surface area contributed by atoms with Gasteiger partial charge in [-0.2, -0.15) is 0 Å². The molecule has 0 fully saturated rings. The predicted octanol–water partition coefficient (Wildman–Crippen LogP) is 2.36. The van der Waals surface area contributed by atoms with Crippen LogP contribution in [0.1, 0.15) is 0 Å². The summed E-state index contributed by atoms with van der Waals surface area (Å²) in [5, 5.41) is 1.48. The quantitative estimate of drug-likeness (QED) is 0.410. The monoisotopic (exact) mass is 188 g/mol. The number of hydrogen-bond acceptors (Lipinski definition) is 2. The van der Waals surface area contributed by atoms with Gasteiger partial charge in [-0.25, -0.2) is 4.98 Å². The Kier molecular flexibility index (Phi) is 3.52. The number of imidazole rings is 1. The van der Waals surface area contributed by atoms with Crippen molar-refractivity contribution in [2.75, 3.05) is 5.21 Å². The van der Waals surface area contributed by atoms with Gasteiger partial charge in [0.25, 0.3) is 0 Å². The molecule has 11 heavy (non-hydrogen) atoms. The number of halogens is 1. The molecular formula is C7H9ClN2S. The van der Waals surface area contributed by atoms with E-state index in [1.807, 2.05) is 16.8 Å². The molecular weight excluding hydrogens is 180 g/mol. The Morgan fingerprint density at radius 3 is 3.27 bits per heavy atom. The van der Waals surface area contributed by atoms with Crippen LogP contribution in [0.25, 0.3) is 0 Å². The second-order valence-corrected chi connectivity index (χ2v) is 3.43. The largest absolute Gasteiger partial charge is 0.322 e. The Bertz CT molecular complexity index is 234. The minimum absolute atomic E-state index is 0.536. The van der Waals surface area contributed by atoms with Gasteiger partial charge in [-0.15, -0.1) is 18.2 Å². The van der Waals surface area contributed by atoms with Crippen LogP contribution in [-0.4, -0.2) is 14.8 Å². The van der Waals surface area contributed by atoms with Gasteiger partial charge in [0.1, 0.15) is 0 Å². The van der Waals surface area contributed by atoms with E-state index in [1.54, 1.807) is 6.20 Å². The molecule has 0 saturated heterocycles. The van der Waals surface area contributed by atoms with E-state index < -0.39 is 0 Å². The fourth-order valence-corrected chi connectivity index (χ4v) is 1.59. The number of rotatable bonds is 4. The third-order valence-electron chi connectivity index (χ3n) is 1.19. The van der Waals surface area contributed by atoms with Crippen LogP contribution in [0, 0.1) is 0 Å². The third-order valence-corrected chi connectivity index (χ3v) is 2.22. The minimum atomic E-state index is 0.536. The van der Waals surface area contributed by atoms with Gasteiger partial charge in [0.05, 0.1) is 5.21 Å². The number of thioether (sulfide) groups is 1. The normalized spacial score (nSPS) is 9.91. The van der Waals surface area contributed by atoms with Crippen molar-refractivity contribution in [2.45, 2.75) is 11.7 Å². The smallest absolute Gasteiger partial charge is 0.169 e. The maximum Gasteiger partial charge on any atom is 0.169 e. The molecule has 0 atom stereocenters. The van der Waals surface area contributed by atoms with Crippen molar-refractivity contribution in [3.63, 3.8) is 0 Å². The number of hydrogen-bond donors (Lipinski definition) is 0. The standard InChI is InChI=1S/C7H9ClN2S/c1-2-4-10-5-3-9-7(10)11-6-8/h2-3,5H,1,4,6H2. The molecule has 0 saturated carbocycles. The van der Waals surface area contributed by atoms with Crippen LogP contribution in [0.5, 0.6) is 0 Å². The van der Waals surface area contributed by atoms with Gasteiger partial charge in [0, 0.05) is 18.9 Å². The lowest BCUT2D eigenvalue weighted by Crippen LogP contribution is -1.94. The zero-order valence-corrected chi connectivity index (χ0v) is 7.61. The summed E-state index contributed by atoms with van der Waals surface area (Å²) in [6.07, 6.45) is 5.51. The van der Waals surface area contributed by atoms with Crippen molar-refractivity contribution in [3.05, 3.63) is 25.0 Å². The van der Waals surface area contributed by atoms with Gasteiger partial charge in [0.2, 0.25) is 0 Å². The Morgan fingerprint density at radius 1 is 1.82 bits per heavy atom. The summed E-state index contributed by atoms with van der Waals surface area (Å²) in [7, 11) is 0. The van der Waals surface area contributed by atoms with E-state index >= 15 is 0 Å². The van der Waals surface area contributed by atoms with Gasteiger partial charge in [-0.1, -0.05) is 17.8 Å². The SMILES string of the molecule is C=CCn1ccnc1SCCl. The van der Waals surface area contributed by atoms with E-state index in [4.69, 9.17) is 11.6 Å². The zero-order chi connectivity index (χ0) is 8.10. The maximum atomic E-state index is 5.55. The van der Waals surface area contributed by atoms with Crippen LogP contribution < -0.4 is 0 Å². The molecule has 0 bridgehead atoms. The summed E-state index contributed by atoms with van der Waals surface area (Å²) >= 11 is 7.07. The molecule has 1 aromatic heterocycles. The van der Waals surface area contributed by atoms with E-state index in [1.165, 1.54) is 11.8 Å². The molecule has 1 heterocycles. The average Bonchev–Trinajstić information content (AvgIpc) is 2.39. The highest BCUT2D eigenvalue weighted by atomic mass is 35.5. The molecule has 0 aromatic carbocycles. The highest BCUT2D eigenvalue weighted by molar-refractivity contribution is 8.00. The topological polar surface area (TPSA) is 17.8 Å². The Hall–Kier alpha value is -0.410. The van der Waals surface area contributed by atoms with Crippen molar-refractivity contribution in [1.82, 2.24) is 9.55 Å². The summed E-state index contributed by atoms with van der Waals surface area (Å²) in [6, 6.07) is 0. The predicted molar refractivity (Wildman–Crippen MR) is 49.0 cm³/mol. The van der Waals surface area contributed by atoms with Crippen molar-refractivity contribution < 1.29 is 0 Å². The van der Waals surface area contributed by atoms with Gasteiger partial charge < -0.3 is 4.57 Å². The molecule has 0 radical (unpaired) electrons. The summed E-state index contributed by atoms with van der Waals surface area (Å²) in [5.41, 5.74) is 0. The lowest BCUT2D eigenvalue weighted by atomic mass is 10.6. The second-order valence-electron chi connectivity index (χ2n) is 1.90. The highest BCUT2D eigenvalue weighted by Gasteiger charge is 1.99. The van der Waals surface area contributed by atoms with Crippen LogP contribution in [0.3, 0.4) is 0 Å². The number of allylic oxidation sites excluding steroid dienone is 1. The van der Waals surface area contributed by atoms with Gasteiger partial charge >= 0.3 is 0 Å². The summed E-state index contributed by atoms with van der Waals surface area (Å²) in [6.45, 7) is 4.44. The Labute approximate surface area is 75.3 Å². The molecule has 1 aromatic rings. The maximum absolute atomic E-state index is 5.55. The molecule has 0 aliphatic heterocycles. The third kappa shape index (κ3) is 2.27. The molecule has 2 nitrogen and oxygen atoms in total. The number of aromatic nitrogens is 2. The van der Waals surface area contributed by atoms with E-state index in [2.05, 4.69) is 11.6 Å². The van der Waals surface area contributed by atoms with E-state index in [0.29, 0.717) is 5.21 Å². The van der Waals surface area contributed by atoms with Crippen LogP contribution in [-0.2, 0) is 6.54 Å². The van der Waals surface area contributed by atoms with Gasteiger partial charge in [-0.05, 0) is 0 Å². The Morgan fingerprint density at radius 2 is 2.64 bits per heavy atom. The van der Waals surface area contributed by atoms with Crippen LogP contribution >= 0.6 is 23.4 Å². The molecule has 0 N–H and O–H groups in total. The van der Waals surface area contributed by atoms with E-state index in [9.17, 15) is 0 Å². The highest BCUT2D eigenvalue weighted by Crippen LogP contribution is 2.16. The molecule has 0 aliphatic carbocycles. The first kappa shape index (κ1) is 8.68. The van der Waals surface area contributed by atoms with Crippen LogP contribution in [0.2, 0.25) is 0 Å². The van der Waals surface area contributed by atoms with Gasteiger partial charge in [-0.3, -0.25) is 0 Å². The van der Waals surface area contributed by atoms with E-state index in [0.717, 1.165) is 11.7 Å². The van der Waals surface area contributed by atoms with Crippen LogP contribution in [0.4, 0.5) is 0 Å². The average molecular weight is 189 g/mol. The summed E-state index contributed by atoms with van der Waals surface area (Å²) < 4.78 is 2.00. The second kappa shape index (κ2) is 4.46. The lowest BCUT2D eigenvalue weighted by Gasteiger charge is -2.00. The molecule has 4 heteroatoms. The van der Waals surface area contributed by atoms with Crippen molar-refractivity contribution in [2.24, 2.45) is 0 Å². The van der Waals surface area contributed by atoms with Crippen molar-refractivity contribution >= 4 is 23.4 Å². The molecule has 0 unspecified atom stereocenters. The fourth-order valence-electron chi connectivity index (χ4n) is 0.763. The lowest BCUT2D eigenvalue weighted by molar-refractivity contribution is 0.726. The zero-order valence-electron chi connectivity index (χ0n) is 6.03. The van der Waals surface area contributed by atoms with Gasteiger partial charge in [0.15, 0.2) is 5.16 Å². The fraction of sp³-hybridized carbons (Fsp3) is 0.286.